The molecule has 36 heavy (non-hydrogen) atoms. The maximum absolute atomic E-state index is 14.6. The highest BCUT2D eigenvalue weighted by Crippen LogP contribution is 2.58. The standard InChI is InChI=1S/C25H26F2N6O3/c1-28-22(35)18-4-5-19(20(27)29-18)33-8-6-32(7-9-33)13-25-11-24(12-25,14-36-25)23-30-17-3-2-15(26)10-16(17)21(34)31-23/h2-5,10H,6-9,11-14H2,1H3,(H,28,35)(H,30,31,34). The van der Waals surface area contributed by atoms with Crippen LogP contribution in [-0.2, 0) is 10.2 Å². The molecule has 0 spiro atoms. The third kappa shape index (κ3) is 3.73. The second-order valence-corrected chi connectivity index (χ2v) is 10.0. The van der Waals surface area contributed by atoms with Crippen molar-refractivity contribution in [2.45, 2.75) is 23.9 Å². The molecule has 2 aromatic heterocycles. The van der Waals surface area contributed by atoms with E-state index in [9.17, 15) is 18.4 Å². The van der Waals surface area contributed by atoms with Gasteiger partial charge in [0.2, 0.25) is 5.95 Å². The number of nitrogens with one attached hydrogen (secondary N) is 2. The number of aromatic nitrogens is 3. The summed E-state index contributed by atoms with van der Waals surface area (Å²) in [6, 6.07) is 7.19. The number of carbonyl (C=O) groups is 1. The van der Waals surface area contributed by atoms with Crippen LogP contribution in [0.15, 0.2) is 35.1 Å². The fourth-order valence-electron chi connectivity index (χ4n) is 5.90. The van der Waals surface area contributed by atoms with Crippen molar-refractivity contribution in [3.63, 3.8) is 0 Å². The van der Waals surface area contributed by atoms with Crippen molar-refractivity contribution in [2.75, 3.05) is 51.3 Å². The highest BCUT2D eigenvalue weighted by atomic mass is 19.1. The van der Waals surface area contributed by atoms with Crippen LogP contribution in [-0.4, -0.2) is 77.7 Å². The van der Waals surface area contributed by atoms with Gasteiger partial charge in [-0.15, -0.1) is 0 Å². The quantitative estimate of drug-likeness (QED) is 0.517. The number of ether oxygens (including phenoxy) is 1. The van der Waals surface area contributed by atoms with Crippen LogP contribution in [0.4, 0.5) is 14.5 Å². The predicted molar refractivity (Wildman–Crippen MR) is 128 cm³/mol. The Morgan fingerprint density at radius 3 is 2.64 bits per heavy atom. The first-order valence-corrected chi connectivity index (χ1v) is 12.0. The van der Waals surface area contributed by atoms with Gasteiger partial charge >= 0.3 is 0 Å². The summed E-state index contributed by atoms with van der Waals surface area (Å²) in [4.78, 5) is 39.8. The second-order valence-electron chi connectivity index (χ2n) is 10.0. The van der Waals surface area contributed by atoms with E-state index in [1.54, 1.807) is 6.07 Å². The van der Waals surface area contributed by atoms with Crippen LogP contribution in [0.1, 0.15) is 29.2 Å². The van der Waals surface area contributed by atoms with E-state index in [4.69, 9.17) is 4.74 Å². The Morgan fingerprint density at radius 1 is 1.14 bits per heavy atom. The topological polar surface area (TPSA) is 103 Å². The van der Waals surface area contributed by atoms with Crippen molar-refractivity contribution in [2.24, 2.45) is 0 Å². The zero-order chi connectivity index (χ0) is 25.1. The predicted octanol–water partition coefficient (Wildman–Crippen LogP) is 1.58. The van der Waals surface area contributed by atoms with Crippen LogP contribution in [0, 0.1) is 11.8 Å². The number of rotatable bonds is 5. The van der Waals surface area contributed by atoms with Crippen molar-refractivity contribution >= 4 is 22.5 Å². The first kappa shape index (κ1) is 23.0. The molecule has 4 fully saturated rings. The van der Waals surface area contributed by atoms with Crippen molar-refractivity contribution < 1.29 is 18.3 Å². The number of aromatic amines is 1. The van der Waals surface area contributed by atoms with Gasteiger partial charge in [0.25, 0.3) is 11.5 Å². The van der Waals surface area contributed by atoms with Crippen molar-refractivity contribution in [1.29, 1.82) is 0 Å². The minimum Gasteiger partial charge on any atom is -0.373 e. The number of nitrogens with zero attached hydrogens (tertiary/aromatic N) is 4. The van der Waals surface area contributed by atoms with Crippen molar-refractivity contribution in [3.8, 4) is 0 Å². The molecule has 11 heteroatoms. The maximum Gasteiger partial charge on any atom is 0.269 e. The van der Waals surface area contributed by atoms with E-state index < -0.39 is 17.7 Å². The second kappa shape index (κ2) is 8.31. The summed E-state index contributed by atoms with van der Waals surface area (Å²) in [5.74, 6) is -0.930. The molecule has 1 amide bonds. The van der Waals surface area contributed by atoms with Gasteiger partial charge in [0, 0.05) is 39.8 Å². The number of piperazine rings is 1. The molecule has 5 heterocycles. The first-order valence-electron chi connectivity index (χ1n) is 12.0. The molecule has 1 aliphatic carbocycles. The molecule has 3 aromatic rings. The number of carbonyl (C=O) groups excluding carboxylic acids is 1. The van der Waals surface area contributed by atoms with Gasteiger partial charge in [-0.05, 0) is 43.2 Å². The number of anilines is 1. The minimum absolute atomic E-state index is 0.0535. The van der Waals surface area contributed by atoms with Gasteiger partial charge in [-0.2, -0.15) is 4.39 Å². The van der Waals surface area contributed by atoms with E-state index in [0.717, 1.165) is 32.5 Å². The van der Waals surface area contributed by atoms with Gasteiger partial charge in [-0.1, -0.05) is 0 Å². The molecule has 1 aromatic carbocycles. The van der Waals surface area contributed by atoms with Crippen LogP contribution in [0.3, 0.4) is 0 Å². The Bertz CT molecular complexity index is 1410. The molecule has 7 rings (SSSR count). The fraction of sp³-hybridized carbons (Fsp3) is 0.440. The number of fused-ring (bicyclic) bond motifs is 2. The molecular weight excluding hydrogens is 470 g/mol. The van der Waals surface area contributed by atoms with Crippen LogP contribution >= 0.6 is 0 Å². The molecule has 3 aliphatic heterocycles. The third-order valence-electron chi connectivity index (χ3n) is 7.66. The summed E-state index contributed by atoms with van der Waals surface area (Å²) in [6.45, 7) is 3.99. The van der Waals surface area contributed by atoms with E-state index in [2.05, 4.69) is 25.2 Å². The summed E-state index contributed by atoms with van der Waals surface area (Å²) in [7, 11) is 1.48. The van der Waals surface area contributed by atoms with Crippen LogP contribution in [0.2, 0.25) is 0 Å². The highest BCUT2D eigenvalue weighted by Gasteiger charge is 2.64. The van der Waals surface area contributed by atoms with E-state index in [0.29, 0.717) is 36.7 Å². The minimum atomic E-state index is -0.648. The normalized spacial score (nSPS) is 25.7. The molecule has 0 atom stereocenters. The SMILES string of the molecule is CNC(=O)c1ccc(N2CCN(CC34CC(c5nc6ccc(F)cc6c(=O)[nH]5)(CO3)C4)CC2)c(F)n1. The first-order chi connectivity index (χ1) is 17.3. The summed E-state index contributed by atoms with van der Waals surface area (Å²) < 4.78 is 34.3. The van der Waals surface area contributed by atoms with Gasteiger partial charge in [-0.25, -0.2) is 14.4 Å². The summed E-state index contributed by atoms with van der Waals surface area (Å²) >= 11 is 0. The Kier molecular flexibility index (Phi) is 5.31. The molecule has 3 saturated heterocycles. The number of hydrogen-bond acceptors (Lipinski definition) is 7. The van der Waals surface area contributed by atoms with Gasteiger partial charge in [0.05, 0.1) is 34.2 Å². The average Bonchev–Trinajstić information content (AvgIpc) is 3.41. The molecule has 2 bridgehead atoms. The molecule has 2 N–H and O–H groups in total. The summed E-state index contributed by atoms with van der Waals surface area (Å²) in [5, 5.41) is 2.69. The Balaban J connectivity index is 1.10. The summed E-state index contributed by atoms with van der Waals surface area (Å²) in [6.07, 6.45) is 1.52. The number of hydrogen-bond donors (Lipinski definition) is 2. The summed E-state index contributed by atoms with van der Waals surface area (Å²) in [5.41, 5.74) is -0.0282. The largest absolute Gasteiger partial charge is 0.373 e. The van der Waals surface area contributed by atoms with Gasteiger partial charge in [0.1, 0.15) is 17.3 Å². The Labute approximate surface area is 205 Å². The molecule has 1 saturated carbocycles. The van der Waals surface area contributed by atoms with E-state index >= 15 is 0 Å². The lowest BCUT2D eigenvalue weighted by Gasteiger charge is -2.47. The highest BCUT2D eigenvalue weighted by molar-refractivity contribution is 5.92. The molecule has 9 nitrogen and oxygen atoms in total. The van der Waals surface area contributed by atoms with Crippen molar-refractivity contribution in [1.82, 2.24) is 25.2 Å². The van der Waals surface area contributed by atoms with Crippen LogP contribution in [0.25, 0.3) is 10.9 Å². The van der Waals surface area contributed by atoms with Crippen LogP contribution in [0.5, 0.6) is 0 Å². The lowest BCUT2D eigenvalue weighted by atomic mass is 9.61. The number of amides is 1. The third-order valence-corrected chi connectivity index (χ3v) is 7.66. The van der Waals surface area contributed by atoms with E-state index in [1.165, 1.54) is 31.3 Å². The number of halogens is 2. The van der Waals surface area contributed by atoms with Gasteiger partial charge < -0.3 is 19.9 Å². The number of H-pyrrole nitrogens is 1. The maximum atomic E-state index is 14.6. The van der Waals surface area contributed by atoms with E-state index in [1.807, 2.05) is 4.90 Å². The lowest BCUT2D eigenvalue weighted by molar-refractivity contribution is -0.0338. The molecular formula is C25H26F2N6O3. The number of benzene rings is 1. The van der Waals surface area contributed by atoms with Crippen molar-refractivity contribution in [3.05, 3.63) is 64.0 Å². The Morgan fingerprint density at radius 2 is 1.92 bits per heavy atom. The van der Waals surface area contributed by atoms with Crippen LogP contribution < -0.4 is 15.8 Å². The number of pyridine rings is 1. The smallest absolute Gasteiger partial charge is 0.269 e. The zero-order valence-corrected chi connectivity index (χ0v) is 19.8. The fourth-order valence-corrected chi connectivity index (χ4v) is 5.90. The van der Waals surface area contributed by atoms with E-state index in [-0.39, 0.29) is 27.7 Å². The monoisotopic (exact) mass is 496 g/mol. The molecule has 4 aliphatic rings. The molecule has 188 valence electrons. The average molecular weight is 497 g/mol. The van der Waals surface area contributed by atoms with Gasteiger partial charge in [0.15, 0.2) is 0 Å². The van der Waals surface area contributed by atoms with Gasteiger partial charge in [-0.3, -0.25) is 14.5 Å². The molecule has 0 radical (unpaired) electrons. The Hall–Kier alpha value is -3.44. The lowest BCUT2D eigenvalue weighted by Crippen LogP contribution is -2.57. The zero-order valence-electron chi connectivity index (χ0n) is 19.8. The molecule has 0 unspecified atom stereocenters.